The number of hydrogen-bond acceptors (Lipinski definition) is 5. The van der Waals surface area contributed by atoms with Gasteiger partial charge in [0.25, 0.3) is 11.8 Å². The van der Waals surface area contributed by atoms with Gasteiger partial charge in [-0.15, -0.1) is 0 Å². The Kier molecular flexibility index (Phi) is 5.38. The Morgan fingerprint density at radius 3 is 2.38 bits per heavy atom. The molecule has 21 heavy (non-hydrogen) atoms. The van der Waals surface area contributed by atoms with Crippen LogP contribution in [0.5, 0.6) is 0 Å². The lowest BCUT2D eigenvalue weighted by molar-refractivity contribution is -0.139. The van der Waals surface area contributed by atoms with E-state index in [0.717, 1.165) is 0 Å². The van der Waals surface area contributed by atoms with E-state index in [9.17, 15) is 14.4 Å². The molecule has 2 rings (SSSR count). The number of benzene rings is 1. The molecule has 0 atom stereocenters. The van der Waals surface area contributed by atoms with Crippen LogP contribution < -0.4 is 0 Å². The van der Waals surface area contributed by atoms with Crippen molar-refractivity contribution >= 4 is 29.5 Å². The van der Waals surface area contributed by atoms with E-state index in [-0.39, 0.29) is 17.8 Å². The fourth-order valence-electron chi connectivity index (χ4n) is 2.13. The average molecular weight is 307 g/mol. The van der Waals surface area contributed by atoms with Gasteiger partial charge >= 0.3 is 5.97 Å². The van der Waals surface area contributed by atoms with Gasteiger partial charge in [0.1, 0.15) is 0 Å². The van der Waals surface area contributed by atoms with Crippen molar-refractivity contribution in [3.8, 4) is 0 Å². The summed E-state index contributed by atoms with van der Waals surface area (Å²) in [5.41, 5.74) is 0.948. The van der Waals surface area contributed by atoms with Crippen molar-refractivity contribution in [1.82, 2.24) is 4.90 Å². The summed E-state index contributed by atoms with van der Waals surface area (Å²) in [4.78, 5) is 36.6. The topological polar surface area (TPSA) is 63.7 Å². The first kappa shape index (κ1) is 15.6. The molecular weight excluding hydrogens is 290 g/mol. The molecule has 1 aromatic carbocycles. The van der Waals surface area contributed by atoms with Crippen LogP contribution in [0.2, 0.25) is 0 Å². The van der Waals surface area contributed by atoms with E-state index in [4.69, 9.17) is 4.74 Å². The normalized spacial score (nSPS) is 13.5. The third-order valence-electron chi connectivity index (χ3n) is 3.07. The molecule has 6 heteroatoms. The Morgan fingerprint density at radius 1 is 1.19 bits per heavy atom. The number of carbonyl (C=O) groups excluding carboxylic acids is 3. The summed E-state index contributed by atoms with van der Waals surface area (Å²) in [6, 6.07) is 6.85. The first-order valence-corrected chi connectivity index (χ1v) is 7.99. The Labute approximate surface area is 127 Å². The zero-order valence-electron chi connectivity index (χ0n) is 11.8. The number of rotatable bonds is 7. The zero-order chi connectivity index (χ0) is 15.2. The number of amides is 2. The van der Waals surface area contributed by atoms with E-state index in [1.165, 1.54) is 16.7 Å². The van der Waals surface area contributed by atoms with Crippen molar-refractivity contribution in [3.05, 3.63) is 35.4 Å². The zero-order valence-corrected chi connectivity index (χ0v) is 12.6. The number of imide groups is 1. The molecule has 0 fully saturated rings. The molecular formula is C15H17NO4S. The molecule has 0 aromatic heterocycles. The molecule has 0 bridgehead atoms. The van der Waals surface area contributed by atoms with Crippen LogP contribution in [0.4, 0.5) is 0 Å². The summed E-state index contributed by atoms with van der Waals surface area (Å²) < 4.78 is 4.82. The lowest BCUT2D eigenvalue weighted by atomic mass is 10.1. The molecule has 0 radical (unpaired) electrons. The molecule has 0 aliphatic carbocycles. The predicted octanol–water partition coefficient (Wildman–Crippen LogP) is 1.97. The standard InChI is InChI=1S/C15H17NO4S/c1-2-20-13(17)10-21-9-5-8-16-14(18)11-6-3-4-7-12(11)15(16)19/h3-4,6-7H,2,5,8-10H2,1H3. The van der Waals surface area contributed by atoms with Gasteiger partial charge in [-0.05, 0) is 31.2 Å². The number of fused-ring (bicyclic) bond motifs is 1. The van der Waals surface area contributed by atoms with Crippen LogP contribution >= 0.6 is 11.8 Å². The highest BCUT2D eigenvalue weighted by molar-refractivity contribution is 7.99. The van der Waals surface area contributed by atoms with E-state index in [2.05, 4.69) is 0 Å². The van der Waals surface area contributed by atoms with Gasteiger partial charge in [-0.1, -0.05) is 12.1 Å². The van der Waals surface area contributed by atoms with Gasteiger partial charge in [-0.25, -0.2) is 0 Å². The maximum absolute atomic E-state index is 12.1. The molecule has 0 saturated heterocycles. The smallest absolute Gasteiger partial charge is 0.315 e. The van der Waals surface area contributed by atoms with Crippen molar-refractivity contribution in [2.45, 2.75) is 13.3 Å². The molecule has 5 nitrogen and oxygen atoms in total. The number of esters is 1. The highest BCUT2D eigenvalue weighted by Gasteiger charge is 2.34. The molecule has 2 amide bonds. The molecule has 112 valence electrons. The maximum atomic E-state index is 12.1. The summed E-state index contributed by atoms with van der Waals surface area (Å²) in [5.74, 6) is 0.308. The third kappa shape index (κ3) is 3.64. The van der Waals surface area contributed by atoms with Crippen LogP contribution in [0.3, 0.4) is 0 Å². The molecule has 0 spiro atoms. The van der Waals surface area contributed by atoms with Gasteiger partial charge < -0.3 is 4.74 Å². The number of carbonyl (C=O) groups is 3. The van der Waals surface area contributed by atoms with Gasteiger partial charge in [-0.3, -0.25) is 19.3 Å². The van der Waals surface area contributed by atoms with Crippen molar-refractivity contribution < 1.29 is 19.1 Å². The Balaban J connectivity index is 1.77. The lowest BCUT2D eigenvalue weighted by Crippen LogP contribution is -2.31. The number of nitrogens with zero attached hydrogens (tertiary/aromatic N) is 1. The second kappa shape index (κ2) is 7.26. The minimum absolute atomic E-state index is 0.231. The van der Waals surface area contributed by atoms with Gasteiger partial charge in [-0.2, -0.15) is 11.8 Å². The van der Waals surface area contributed by atoms with Gasteiger partial charge in [0.05, 0.1) is 23.5 Å². The van der Waals surface area contributed by atoms with Crippen molar-refractivity contribution in [3.63, 3.8) is 0 Å². The lowest BCUT2D eigenvalue weighted by Gasteiger charge is -2.13. The predicted molar refractivity (Wildman–Crippen MR) is 80.4 cm³/mol. The minimum Gasteiger partial charge on any atom is -0.465 e. The van der Waals surface area contributed by atoms with E-state index in [1.807, 2.05) is 0 Å². The van der Waals surface area contributed by atoms with Crippen LogP contribution in [0.15, 0.2) is 24.3 Å². The fourth-order valence-corrected chi connectivity index (χ4v) is 2.85. The maximum Gasteiger partial charge on any atom is 0.315 e. The average Bonchev–Trinajstić information content (AvgIpc) is 2.72. The molecule has 0 unspecified atom stereocenters. The van der Waals surface area contributed by atoms with E-state index in [1.54, 1.807) is 31.2 Å². The van der Waals surface area contributed by atoms with Crippen molar-refractivity contribution in [2.75, 3.05) is 24.7 Å². The Morgan fingerprint density at radius 2 is 1.81 bits per heavy atom. The molecule has 1 aliphatic heterocycles. The van der Waals surface area contributed by atoms with E-state index < -0.39 is 0 Å². The van der Waals surface area contributed by atoms with Crippen LogP contribution in [-0.4, -0.2) is 47.3 Å². The monoisotopic (exact) mass is 307 g/mol. The molecule has 0 saturated carbocycles. The number of ether oxygens (including phenoxy) is 1. The van der Waals surface area contributed by atoms with Crippen LogP contribution in [0, 0.1) is 0 Å². The molecule has 1 aromatic rings. The van der Waals surface area contributed by atoms with Crippen molar-refractivity contribution in [2.24, 2.45) is 0 Å². The van der Waals surface area contributed by atoms with Crippen LogP contribution in [-0.2, 0) is 9.53 Å². The summed E-state index contributed by atoms with van der Waals surface area (Å²) >= 11 is 1.45. The summed E-state index contributed by atoms with van der Waals surface area (Å²) in [7, 11) is 0. The highest BCUT2D eigenvalue weighted by atomic mass is 32.2. The van der Waals surface area contributed by atoms with E-state index >= 15 is 0 Å². The van der Waals surface area contributed by atoms with Crippen LogP contribution in [0.25, 0.3) is 0 Å². The summed E-state index contributed by atoms with van der Waals surface area (Å²) in [5, 5.41) is 0. The van der Waals surface area contributed by atoms with Crippen molar-refractivity contribution in [1.29, 1.82) is 0 Å². The molecule has 1 heterocycles. The van der Waals surface area contributed by atoms with E-state index in [0.29, 0.717) is 42.2 Å². The van der Waals surface area contributed by atoms with Crippen LogP contribution in [0.1, 0.15) is 34.1 Å². The summed E-state index contributed by atoms with van der Waals surface area (Å²) in [6.07, 6.45) is 0.662. The third-order valence-corrected chi connectivity index (χ3v) is 4.09. The van der Waals surface area contributed by atoms with Gasteiger partial charge in [0.2, 0.25) is 0 Å². The number of thioether (sulfide) groups is 1. The Bertz CT molecular complexity index is 523. The molecule has 0 N–H and O–H groups in total. The minimum atomic E-state index is -0.233. The van der Waals surface area contributed by atoms with Gasteiger partial charge in [0.15, 0.2) is 0 Å². The largest absolute Gasteiger partial charge is 0.465 e. The first-order chi connectivity index (χ1) is 10.1. The second-order valence-electron chi connectivity index (χ2n) is 4.52. The Hall–Kier alpha value is -1.82. The summed E-state index contributed by atoms with van der Waals surface area (Å²) in [6.45, 7) is 2.53. The quantitative estimate of drug-likeness (QED) is 0.438. The fraction of sp³-hybridized carbons (Fsp3) is 0.400. The first-order valence-electron chi connectivity index (χ1n) is 6.83. The highest BCUT2D eigenvalue weighted by Crippen LogP contribution is 2.22. The SMILES string of the molecule is CCOC(=O)CSCCCN1C(=O)c2ccccc2C1=O. The molecule has 1 aliphatic rings. The van der Waals surface area contributed by atoms with Gasteiger partial charge in [0, 0.05) is 6.54 Å². The second-order valence-corrected chi connectivity index (χ2v) is 5.62. The number of hydrogen-bond donors (Lipinski definition) is 0.